The van der Waals surface area contributed by atoms with E-state index in [2.05, 4.69) is 15.6 Å². The first-order chi connectivity index (χ1) is 18.1. The van der Waals surface area contributed by atoms with Crippen molar-refractivity contribution in [3.63, 3.8) is 0 Å². The van der Waals surface area contributed by atoms with Gasteiger partial charge < -0.3 is 20.2 Å². The molecule has 0 aliphatic rings. The van der Waals surface area contributed by atoms with E-state index in [0.29, 0.717) is 42.6 Å². The van der Waals surface area contributed by atoms with Gasteiger partial charge in [-0.1, -0.05) is 48.5 Å². The number of para-hydroxylation sites is 1. The van der Waals surface area contributed by atoms with E-state index < -0.39 is 12.1 Å². The highest BCUT2D eigenvalue weighted by molar-refractivity contribution is 6.07. The third-order valence-electron chi connectivity index (χ3n) is 5.84. The number of fused-ring (bicyclic) bond motifs is 1. The molecular formula is C29H30Cl2N4O4. The Labute approximate surface area is 239 Å². The Morgan fingerprint density at radius 3 is 2.38 bits per heavy atom. The van der Waals surface area contributed by atoms with Gasteiger partial charge in [0.15, 0.2) is 0 Å². The van der Waals surface area contributed by atoms with Gasteiger partial charge in [0.1, 0.15) is 12.9 Å². The van der Waals surface area contributed by atoms with Gasteiger partial charge in [0, 0.05) is 29.9 Å². The van der Waals surface area contributed by atoms with Gasteiger partial charge in [-0.2, -0.15) is 0 Å². The molecule has 0 bridgehead atoms. The van der Waals surface area contributed by atoms with Crippen molar-refractivity contribution < 1.29 is 19.1 Å². The quantitative estimate of drug-likeness (QED) is 0.182. The van der Waals surface area contributed by atoms with Crippen molar-refractivity contribution in [2.24, 2.45) is 0 Å². The van der Waals surface area contributed by atoms with Crippen LogP contribution >= 0.6 is 24.8 Å². The molecule has 0 aliphatic carbocycles. The van der Waals surface area contributed by atoms with E-state index in [9.17, 15) is 14.4 Å². The van der Waals surface area contributed by atoms with Crippen molar-refractivity contribution in [3.05, 3.63) is 96.3 Å². The molecule has 4 rings (SSSR count). The Morgan fingerprint density at radius 1 is 0.923 bits per heavy atom. The summed E-state index contributed by atoms with van der Waals surface area (Å²) in [7, 11) is 0. The van der Waals surface area contributed by atoms with Gasteiger partial charge in [0.05, 0.1) is 22.8 Å². The third-order valence-corrected chi connectivity index (χ3v) is 5.84. The highest BCUT2D eigenvalue weighted by Gasteiger charge is 2.17. The minimum atomic E-state index is -0.641. The van der Waals surface area contributed by atoms with Crippen LogP contribution in [-0.2, 0) is 16.1 Å². The maximum atomic E-state index is 13.2. The molecule has 1 atom stereocenters. The lowest BCUT2D eigenvalue weighted by Gasteiger charge is -2.15. The molecule has 2 N–H and O–H groups in total. The number of halogens is 2. The van der Waals surface area contributed by atoms with Crippen LogP contribution in [0.2, 0.25) is 0 Å². The number of alkyl carbamates (subject to hydrolysis) is 1. The molecule has 0 saturated carbocycles. The number of benzene rings is 2. The van der Waals surface area contributed by atoms with Crippen LogP contribution in [0.4, 0.5) is 4.79 Å². The first kappa shape index (κ1) is 31.2. The lowest BCUT2D eigenvalue weighted by atomic mass is 10.0. The fourth-order valence-corrected chi connectivity index (χ4v) is 3.90. The van der Waals surface area contributed by atoms with E-state index in [-0.39, 0.29) is 37.3 Å². The summed E-state index contributed by atoms with van der Waals surface area (Å²) in [6.07, 6.45) is 5.25. The lowest BCUT2D eigenvalue weighted by Crippen LogP contribution is -2.36. The van der Waals surface area contributed by atoms with E-state index in [1.807, 2.05) is 54.6 Å². The van der Waals surface area contributed by atoms with Crippen LogP contribution in [0, 0.1) is 0 Å². The topological polar surface area (TPSA) is 110 Å². The monoisotopic (exact) mass is 568 g/mol. The Morgan fingerprint density at radius 2 is 1.64 bits per heavy atom. The van der Waals surface area contributed by atoms with Crippen LogP contribution in [0.25, 0.3) is 22.2 Å². The summed E-state index contributed by atoms with van der Waals surface area (Å²) < 4.78 is 5.16. The number of hydrogen-bond donors (Lipinski definition) is 2. The van der Waals surface area contributed by atoms with E-state index in [4.69, 9.17) is 9.72 Å². The molecule has 2 aromatic heterocycles. The van der Waals surface area contributed by atoms with Crippen LogP contribution in [0.15, 0.2) is 85.2 Å². The number of pyridine rings is 2. The van der Waals surface area contributed by atoms with Gasteiger partial charge in [-0.05, 0) is 49.1 Å². The van der Waals surface area contributed by atoms with Crippen molar-refractivity contribution in [1.29, 1.82) is 0 Å². The predicted molar refractivity (Wildman–Crippen MR) is 155 cm³/mol. The number of amides is 2. The number of hydrogen-bond acceptors (Lipinski definition) is 6. The molecule has 2 heterocycles. The second kappa shape index (κ2) is 16.1. The standard InChI is InChI=1S/C29H28N4O4.2ClH/c34-19-23(10-6-7-15-31-29(36)37-20-21-13-16-30-17-14-21)32-28(35)25-18-27(22-8-2-1-3-9-22)33-26-12-5-4-11-24(25)26;;/h1-5,8-9,11-14,16-19,23H,6-7,10,15,20H2,(H,31,36)(H,32,35);2*1H/t23-;;/m0../s1. The van der Waals surface area contributed by atoms with Crippen LogP contribution in [0.1, 0.15) is 35.2 Å². The number of rotatable bonds is 11. The van der Waals surface area contributed by atoms with E-state index >= 15 is 0 Å². The minimum Gasteiger partial charge on any atom is -0.445 e. The minimum absolute atomic E-state index is 0. The molecule has 204 valence electrons. The molecule has 8 nitrogen and oxygen atoms in total. The SMILES string of the molecule is Cl.Cl.O=C[C@H](CCCCNC(=O)OCc1ccncc1)NC(=O)c1cc(-c2ccccc2)nc2ccccc12. The first-order valence-electron chi connectivity index (χ1n) is 12.1. The maximum absolute atomic E-state index is 13.2. The van der Waals surface area contributed by atoms with Crippen LogP contribution in [0.5, 0.6) is 0 Å². The van der Waals surface area contributed by atoms with Crippen LogP contribution < -0.4 is 10.6 Å². The number of carbonyl (C=O) groups is 3. The van der Waals surface area contributed by atoms with Crippen molar-refractivity contribution in [3.8, 4) is 11.3 Å². The summed E-state index contributed by atoms with van der Waals surface area (Å²) in [5.41, 5.74) is 3.62. The molecule has 4 aromatic rings. The normalized spacial score (nSPS) is 10.9. The van der Waals surface area contributed by atoms with E-state index in [1.165, 1.54) is 0 Å². The number of carbonyl (C=O) groups excluding carboxylic acids is 3. The summed E-state index contributed by atoms with van der Waals surface area (Å²) in [5.74, 6) is -0.328. The molecule has 0 spiro atoms. The average Bonchev–Trinajstić information content (AvgIpc) is 2.95. The molecule has 2 aromatic carbocycles. The average molecular weight is 569 g/mol. The second-order valence-corrected chi connectivity index (χ2v) is 8.51. The summed E-state index contributed by atoms with van der Waals surface area (Å²) >= 11 is 0. The zero-order chi connectivity index (χ0) is 25.9. The first-order valence-corrected chi connectivity index (χ1v) is 12.1. The number of aldehydes is 1. The fraction of sp³-hybridized carbons (Fsp3) is 0.207. The van der Waals surface area contributed by atoms with Gasteiger partial charge in [-0.25, -0.2) is 9.78 Å². The largest absolute Gasteiger partial charge is 0.445 e. The van der Waals surface area contributed by atoms with E-state index in [1.54, 1.807) is 30.6 Å². The van der Waals surface area contributed by atoms with Crippen molar-refractivity contribution >= 4 is 54.0 Å². The van der Waals surface area contributed by atoms with Crippen LogP contribution in [-0.4, -0.2) is 40.8 Å². The molecule has 0 unspecified atom stereocenters. The fourth-order valence-electron chi connectivity index (χ4n) is 3.90. The number of ether oxygens (including phenoxy) is 1. The second-order valence-electron chi connectivity index (χ2n) is 8.51. The van der Waals surface area contributed by atoms with Crippen LogP contribution in [0.3, 0.4) is 0 Å². The molecule has 0 aliphatic heterocycles. The Kier molecular flexibility index (Phi) is 12.9. The van der Waals surface area contributed by atoms with Gasteiger partial charge in [0.2, 0.25) is 0 Å². The zero-order valence-electron chi connectivity index (χ0n) is 21.1. The third kappa shape index (κ3) is 9.05. The molecule has 10 heteroatoms. The Hall–Kier alpha value is -4.01. The zero-order valence-corrected chi connectivity index (χ0v) is 22.8. The summed E-state index contributed by atoms with van der Waals surface area (Å²) in [5, 5.41) is 6.25. The lowest BCUT2D eigenvalue weighted by molar-refractivity contribution is -0.109. The van der Waals surface area contributed by atoms with Gasteiger partial charge in [-0.3, -0.25) is 9.78 Å². The van der Waals surface area contributed by atoms with Gasteiger partial charge in [-0.15, -0.1) is 24.8 Å². The molecule has 39 heavy (non-hydrogen) atoms. The van der Waals surface area contributed by atoms with Crippen molar-refractivity contribution in [1.82, 2.24) is 20.6 Å². The molecule has 0 saturated heterocycles. The number of aromatic nitrogens is 2. The Balaban J connectivity index is 0.00000267. The number of nitrogens with zero attached hydrogens (tertiary/aromatic N) is 2. The maximum Gasteiger partial charge on any atom is 0.407 e. The summed E-state index contributed by atoms with van der Waals surface area (Å²) in [6.45, 7) is 0.577. The molecule has 0 radical (unpaired) electrons. The smallest absolute Gasteiger partial charge is 0.407 e. The summed E-state index contributed by atoms with van der Waals surface area (Å²) in [6, 6.07) is 21.8. The number of unbranched alkanes of at least 4 members (excludes halogenated alkanes) is 1. The molecule has 2 amide bonds. The van der Waals surface area contributed by atoms with Gasteiger partial charge in [0.25, 0.3) is 5.91 Å². The van der Waals surface area contributed by atoms with Gasteiger partial charge >= 0.3 is 6.09 Å². The van der Waals surface area contributed by atoms with Crippen molar-refractivity contribution in [2.45, 2.75) is 31.9 Å². The predicted octanol–water partition coefficient (Wildman–Crippen LogP) is 5.53. The van der Waals surface area contributed by atoms with E-state index in [0.717, 1.165) is 22.8 Å². The highest BCUT2D eigenvalue weighted by Crippen LogP contribution is 2.25. The molecular weight excluding hydrogens is 539 g/mol. The summed E-state index contributed by atoms with van der Waals surface area (Å²) in [4.78, 5) is 45.4. The molecule has 0 fully saturated rings. The van der Waals surface area contributed by atoms with Crippen molar-refractivity contribution in [2.75, 3.05) is 6.54 Å². The number of nitrogens with one attached hydrogen (secondary N) is 2. The highest BCUT2D eigenvalue weighted by atomic mass is 35.5. The Bertz CT molecular complexity index is 1360.